The van der Waals surface area contributed by atoms with Crippen molar-refractivity contribution >= 4 is 33.2 Å². The van der Waals surface area contributed by atoms with Crippen LogP contribution in [0.3, 0.4) is 0 Å². The van der Waals surface area contributed by atoms with Crippen LogP contribution in [0.4, 0.5) is 0 Å². The minimum absolute atomic E-state index is 0.223. The summed E-state index contributed by atoms with van der Waals surface area (Å²) in [6.07, 6.45) is 6.12. The molecule has 0 aliphatic heterocycles. The number of para-hydroxylation sites is 1. The number of aromatic nitrogens is 1. The fraction of sp³-hybridized carbons (Fsp3) is 0.533. The van der Waals surface area contributed by atoms with E-state index in [1.165, 1.54) is 35.4 Å². The molecule has 96 valence electrons. The number of hydrogen-bond donors (Lipinski definition) is 0. The number of thiazole rings is 1. The van der Waals surface area contributed by atoms with Crippen molar-refractivity contribution in [2.24, 2.45) is 5.41 Å². The van der Waals surface area contributed by atoms with Gasteiger partial charge >= 0.3 is 0 Å². The van der Waals surface area contributed by atoms with Crippen LogP contribution in [0.5, 0.6) is 0 Å². The van der Waals surface area contributed by atoms with Gasteiger partial charge in [0.15, 0.2) is 0 Å². The topological polar surface area (TPSA) is 12.9 Å². The quantitative estimate of drug-likeness (QED) is 0.719. The van der Waals surface area contributed by atoms with Crippen molar-refractivity contribution in [2.75, 3.05) is 0 Å². The highest BCUT2D eigenvalue weighted by Gasteiger charge is 2.36. The average molecular weight is 280 g/mol. The van der Waals surface area contributed by atoms with Crippen LogP contribution in [0.25, 0.3) is 10.2 Å². The fourth-order valence-electron chi connectivity index (χ4n) is 2.90. The van der Waals surface area contributed by atoms with Gasteiger partial charge < -0.3 is 0 Å². The highest BCUT2D eigenvalue weighted by Crippen LogP contribution is 2.44. The number of alkyl halides is 1. The minimum atomic E-state index is 0.223. The number of rotatable bonds is 3. The summed E-state index contributed by atoms with van der Waals surface area (Å²) in [7, 11) is 0. The van der Waals surface area contributed by atoms with Crippen LogP contribution in [0.1, 0.15) is 37.6 Å². The molecule has 18 heavy (non-hydrogen) atoms. The molecule has 1 atom stereocenters. The van der Waals surface area contributed by atoms with Crippen LogP contribution in [-0.2, 0) is 6.42 Å². The van der Waals surface area contributed by atoms with Gasteiger partial charge in [0, 0.05) is 11.8 Å². The summed E-state index contributed by atoms with van der Waals surface area (Å²) in [4.78, 5) is 4.69. The monoisotopic (exact) mass is 279 g/mol. The second kappa shape index (κ2) is 4.82. The maximum Gasteiger partial charge on any atom is 0.0953 e. The Bertz CT molecular complexity index is 509. The Morgan fingerprint density at radius 3 is 2.78 bits per heavy atom. The summed E-state index contributed by atoms with van der Waals surface area (Å²) in [5.74, 6) is 0. The molecular weight excluding hydrogens is 262 g/mol. The maximum atomic E-state index is 6.66. The number of nitrogens with zero attached hydrogens (tertiary/aromatic N) is 1. The van der Waals surface area contributed by atoms with Crippen molar-refractivity contribution in [3.8, 4) is 0 Å². The van der Waals surface area contributed by atoms with Crippen LogP contribution in [0.15, 0.2) is 24.3 Å². The van der Waals surface area contributed by atoms with Gasteiger partial charge in [-0.3, -0.25) is 0 Å². The third kappa shape index (κ3) is 2.28. The molecule has 1 saturated carbocycles. The number of fused-ring (bicyclic) bond motifs is 1. The van der Waals surface area contributed by atoms with E-state index in [9.17, 15) is 0 Å². The molecular formula is C15H18ClNS. The Balaban J connectivity index is 1.79. The van der Waals surface area contributed by atoms with Crippen molar-refractivity contribution in [1.29, 1.82) is 0 Å². The summed E-state index contributed by atoms with van der Waals surface area (Å²) in [6, 6.07) is 8.33. The minimum Gasteiger partial charge on any atom is -0.241 e. The lowest BCUT2D eigenvalue weighted by atomic mass is 9.83. The summed E-state index contributed by atoms with van der Waals surface area (Å²) >= 11 is 8.44. The molecule has 1 nitrogen and oxygen atoms in total. The predicted molar refractivity (Wildman–Crippen MR) is 79.5 cm³/mol. The molecule has 1 aliphatic rings. The molecule has 1 aromatic heterocycles. The SMILES string of the molecule is CC1(C(Cl)Cc2nc3ccccc3s2)CCCC1. The standard InChI is InChI=1S/C15H18ClNS/c1-15(8-4-5-9-15)13(16)10-14-17-11-6-2-3-7-12(11)18-14/h2-3,6-7,13H,4-5,8-10H2,1H3. The molecule has 2 aromatic rings. The molecule has 0 radical (unpaired) electrons. The Morgan fingerprint density at radius 2 is 2.06 bits per heavy atom. The first kappa shape index (κ1) is 12.4. The van der Waals surface area contributed by atoms with Crippen molar-refractivity contribution in [2.45, 2.75) is 44.4 Å². The Morgan fingerprint density at radius 1 is 1.33 bits per heavy atom. The van der Waals surface area contributed by atoms with E-state index in [0.29, 0.717) is 5.41 Å². The van der Waals surface area contributed by atoms with Gasteiger partial charge in [0.1, 0.15) is 0 Å². The summed E-state index contributed by atoms with van der Waals surface area (Å²) in [5, 5.41) is 1.41. The van der Waals surface area contributed by atoms with Crippen LogP contribution in [-0.4, -0.2) is 10.4 Å². The van der Waals surface area contributed by atoms with E-state index in [1.807, 2.05) is 6.07 Å². The van der Waals surface area contributed by atoms with Crippen LogP contribution < -0.4 is 0 Å². The Kier molecular flexibility index (Phi) is 3.33. The van der Waals surface area contributed by atoms with E-state index in [-0.39, 0.29) is 5.38 Å². The Hall–Kier alpha value is -0.600. The van der Waals surface area contributed by atoms with Crippen molar-refractivity contribution < 1.29 is 0 Å². The number of halogens is 1. The molecule has 3 heteroatoms. The average Bonchev–Trinajstić information content (AvgIpc) is 2.95. The first-order valence-corrected chi connectivity index (χ1v) is 7.91. The van der Waals surface area contributed by atoms with Gasteiger partial charge in [-0.15, -0.1) is 22.9 Å². The number of benzene rings is 1. The molecule has 1 fully saturated rings. The summed E-state index contributed by atoms with van der Waals surface area (Å²) in [5.41, 5.74) is 1.43. The highest BCUT2D eigenvalue weighted by molar-refractivity contribution is 7.18. The lowest BCUT2D eigenvalue weighted by Crippen LogP contribution is -2.26. The first-order chi connectivity index (χ1) is 8.67. The van der Waals surface area contributed by atoms with Gasteiger partial charge in [0.2, 0.25) is 0 Å². The zero-order valence-electron chi connectivity index (χ0n) is 10.7. The normalized spacial score (nSPS) is 20.3. The molecule has 0 saturated heterocycles. The third-order valence-corrected chi connectivity index (χ3v) is 5.93. The molecule has 1 aromatic carbocycles. The number of hydrogen-bond acceptors (Lipinski definition) is 2. The lowest BCUT2D eigenvalue weighted by Gasteiger charge is -2.28. The van der Waals surface area contributed by atoms with Crippen LogP contribution in [0.2, 0.25) is 0 Å². The van der Waals surface area contributed by atoms with E-state index in [1.54, 1.807) is 11.3 Å². The highest BCUT2D eigenvalue weighted by atomic mass is 35.5. The van der Waals surface area contributed by atoms with Gasteiger partial charge in [0.05, 0.1) is 15.2 Å². The van der Waals surface area contributed by atoms with Gasteiger partial charge in [-0.05, 0) is 30.4 Å². The van der Waals surface area contributed by atoms with Gasteiger partial charge in [-0.25, -0.2) is 4.98 Å². The first-order valence-electron chi connectivity index (χ1n) is 6.66. The van der Waals surface area contributed by atoms with Crippen LogP contribution >= 0.6 is 22.9 Å². The summed E-state index contributed by atoms with van der Waals surface area (Å²) in [6.45, 7) is 2.34. The zero-order chi connectivity index (χ0) is 12.6. The molecule has 0 amide bonds. The van der Waals surface area contributed by atoms with Crippen molar-refractivity contribution in [3.63, 3.8) is 0 Å². The molecule has 1 unspecified atom stereocenters. The molecule has 0 N–H and O–H groups in total. The van der Waals surface area contributed by atoms with Gasteiger partial charge in [0.25, 0.3) is 0 Å². The molecule has 3 rings (SSSR count). The van der Waals surface area contributed by atoms with E-state index in [0.717, 1.165) is 11.9 Å². The largest absolute Gasteiger partial charge is 0.241 e. The third-order valence-electron chi connectivity index (χ3n) is 4.19. The van der Waals surface area contributed by atoms with Gasteiger partial charge in [-0.1, -0.05) is 31.9 Å². The summed E-state index contributed by atoms with van der Waals surface area (Å²) < 4.78 is 1.27. The van der Waals surface area contributed by atoms with Crippen molar-refractivity contribution in [3.05, 3.63) is 29.3 Å². The van der Waals surface area contributed by atoms with E-state index in [4.69, 9.17) is 11.6 Å². The Labute approximate surface area is 117 Å². The lowest BCUT2D eigenvalue weighted by molar-refractivity contribution is 0.316. The second-order valence-electron chi connectivity index (χ2n) is 5.61. The smallest absolute Gasteiger partial charge is 0.0953 e. The van der Waals surface area contributed by atoms with Gasteiger partial charge in [-0.2, -0.15) is 0 Å². The predicted octanol–water partition coefficient (Wildman–Crippen LogP) is 5.03. The molecule has 0 bridgehead atoms. The van der Waals surface area contributed by atoms with Crippen molar-refractivity contribution in [1.82, 2.24) is 4.98 Å². The molecule has 0 spiro atoms. The second-order valence-corrected chi connectivity index (χ2v) is 7.25. The molecule has 1 aliphatic carbocycles. The van der Waals surface area contributed by atoms with E-state index < -0.39 is 0 Å². The van der Waals surface area contributed by atoms with Crippen LogP contribution in [0, 0.1) is 5.41 Å². The molecule has 1 heterocycles. The zero-order valence-corrected chi connectivity index (χ0v) is 12.2. The van der Waals surface area contributed by atoms with E-state index in [2.05, 4.69) is 30.1 Å². The maximum absolute atomic E-state index is 6.66. The van der Waals surface area contributed by atoms with E-state index >= 15 is 0 Å². The fourth-order valence-corrected chi connectivity index (χ4v) is 4.37.